The summed E-state index contributed by atoms with van der Waals surface area (Å²) >= 11 is 0. The van der Waals surface area contributed by atoms with E-state index in [1.165, 1.54) is 11.1 Å². The second-order valence-corrected chi connectivity index (χ2v) is 4.37. The van der Waals surface area contributed by atoms with Crippen LogP contribution in [-0.4, -0.2) is 17.6 Å². The Kier molecular flexibility index (Phi) is 5.59. The molecule has 3 nitrogen and oxygen atoms in total. The molecule has 1 rings (SSSR count). The maximum Gasteiger partial charge on any atom is 0.331 e. The first-order valence-corrected chi connectivity index (χ1v) is 6.27. The van der Waals surface area contributed by atoms with Gasteiger partial charge in [0.25, 0.3) is 0 Å². The first kappa shape index (κ1) is 14.5. The number of carboxylic acids is 1. The molecule has 18 heavy (non-hydrogen) atoms. The third-order valence-corrected chi connectivity index (χ3v) is 3.08. The van der Waals surface area contributed by atoms with E-state index in [9.17, 15) is 4.79 Å². The molecule has 0 aliphatic rings. The lowest BCUT2D eigenvalue weighted by Gasteiger charge is -2.15. The number of hydrogen-bond donors (Lipinski definition) is 2. The minimum atomic E-state index is -0.831. The Bertz CT molecular complexity index is 438. The summed E-state index contributed by atoms with van der Waals surface area (Å²) in [4.78, 5) is 10.8. The van der Waals surface area contributed by atoms with E-state index in [4.69, 9.17) is 5.11 Å². The predicted molar refractivity (Wildman–Crippen MR) is 73.6 cm³/mol. The molecule has 0 saturated carbocycles. The molecule has 0 bridgehead atoms. The van der Waals surface area contributed by atoms with E-state index < -0.39 is 5.97 Å². The lowest BCUT2D eigenvalue weighted by Crippen LogP contribution is -2.20. The van der Waals surface area contributed by atoms with Gasteiger partial charge in [0.2, 0.25) is 0 Å². The molecule has 0 radical (unpaired) electrons. The molecule has 98 valence electrons. The Morgan fingerprint density at radius 2 is 2.11 bits per heavy atom. The molecule has 1 aromatic carbocycles. The van der Waals surface area contributed by atoms with Crippen molar-refractivity contribution < 1.29 is 9.90 Å². The highest BCUT2D eigenvalue weighted by Crippen LogP contribution is 2.16. The van der Waals surface area contributed by atoms with Crippen LogP contribution in [0.25, 0.3) is 0 Å². The van der Waals surface area contributed by atoms with Crippen LogP contribution in [0.2, 0.25) is 0 Å². The topological polar surface area (TPSA) is 49.3 Å². The summed E-state index contributed by atoms with van der Waals surface area (Å²) in [6.07, 6.45) is 2.30. The minimum absolute atomic E-state index is 0.217. The van der Waals surface area contributed by atoms with Gasteiger partial charge in [-0.1, -0.05) is 37.3 Å². The summed E-state index contributed by atoms with van der Waals surface area (Å²) in [5, 5.41) is 12.2. The molecule has 0 aliphatic heterocycles. The van der Waals surface area contributed by atoms with Gasteiger partial charge in [0, 0.05) is 18.2 Å². The number of benzene rings is 1. The van der Waals surface area contributed by atoms with Gasteiger partial charge in [0.05, 0.1) is 0 Å². The van der Waals surface area contributed by atoms with Gasteiger partial charge in [0.15, 0.2) is 0 Å². The fraction of sp³-hybridized carbons (Fsp3) is 0.400. The highest BCUT2D eigenvalue weighted by molar-refractivity contribution is 5.86. The molecule has 0 fully saturated rings. The summed E-state index contributed by atoms with van der Waals surface area (Å²) in [5.74, 6) is -0.831. The van der Waals surface area contributed by atoms with Crippen LogP contribution in [0.1, 0.15) is 37.4 Å². The fourth-order valence-corrected chi connectivity index (χ4v) is 1.92. The van der Waals surface area contributed by atoms with Gasteiger partial charge in [-0.15, -0.1) is 0 Å². The van der Waals surface area contributed by atoms with Crippen LogP contribution in [0.3, 0.4) is 0 Å². The number of rotatable bonds is 6. The van der Waals surface area contributed by atoms with Crippen molar-refractivity contribution in [1.29, 1.82) is 0 Å². The molecule has 0 saturated heterocycles. The summed E-state index contributed by atoms with van der Waals surface area (Å²) in [6.45, 7) is 6.59. The van der Waals surface area contributed by atoms with Gasteiger partial charge in [-0.25, -0.2) is 4.79 Å². The third kappa shape index (κ3) is 4.00. The summed E-state index contributed by atoms with van der Waals surface area (Å²) in [5.41, 5.74) is 2.95. The molecule has 1 unspecified atom stereocenters. The van der Waals surface area contributed by atoms with Crippen molar-refractivity contribution >= 4 is 5.97 Å². The van der Waals surface area contributed by atoms with Crippen LogP contribution >= 0.6 is 0 Å². The zero-order valence-corrected chi connectivity index (χ0v) is 11.2. The lowest BCUT2D eigenvalue weighted by atomic mass is 10.0. The lowest BCUT2D eigenvalue weighted by molar-refractivity contribution is -0.132. The normalized spacial score (nSPS) is 13.4. The van der Waals surface area contributed by atoms with Crippen LogP contribution in [0.5, 0.6) is 0 Å². The summed E-state index contributed by atoms with van der Waals surface area (Å²) in [6, 6.07) is 8.43. The number of aryl methyl sites for hydroxylation is 1. The summed E-state index contributed by atoms with van der Waals surface area (Å²) in [7, 11) is 0. The Hall–Kier alpha value is -1.61. The van der Waals surface area contributed by atoms with Gasteiger partial charge >= 0.3 is 5.97 Å². The molecule has 1 aromatic rings. The SMILES string of the molecule is CC/C(=C/CNC(C)c1ccccc1C)C(=O)O. The number of carbonyl (C=O) groups is 1. The van der Waals surface area contributed by atoms with Gasteiger partial charge in [-0.05, 0) is 31.4 Å². The fourth-order valence-electron chi connectivity index (χ4n) is 1.92. The van der Waals surface area contributed by atoms with Crippen LogP contribution in [0.4, 0.5) is 0 Å². The average Bonchev–Trinajstić information content (AvgIpc) is 2.34. The molecule has 0 heterocycles. The predicted octanol–water partition coefficient (Wildman–Crippen LogP) is 3.07. The van der Waals surface area contributed by atoms with Crippen molar-refractivity contribution in [3.63, 3.8) is 0 Å². The standard InChI is InChI=1S/C15H21NO2/c1-4-13(15(17)18)9-10-16-12(3)14-8-6-5-7-11(14)2/h5-9,12,16H,4,10H2,1-3H3,(H,17,18)/b13-9-. The quantitative estimate of drug-likeness (QED) is 0.759. The van der Waals surface area contributed by atoms with E-state index in [-0.39, 0.29) is 6.04 Å². The van der Waals surface area contributed by atoms with E-state index in [1.807, 2.05) is 19.1 Å². The number of nitrogens with one attached hydrogen (secondary N) is 1. The van der Waals surface area contributed by atoms with Crippen LogP contribution < -0.4 is 5.32 Å². The van der Waals surface area contributed by atoms with Crippen molar-refractivity contribution in [2.45, 2.75) is 33.2 Å². The van der Waals surface area contributed by atoms with Crippen molar-refractivity contribution in [2.24, 2.45) is 0 Å². The van der Waals surface area contributed by atoms with E-state index in [1.54, 1.807) is 6.08 Å². The zero-order valence-electron chi connectivity index (χ0n) is 11.2. The second-order valence-electron chi connectivity index (χ2n) is 4.37. The molecular weight excluding hydrogens is 226 g/mol. The number of carboxylic acid groups (broad SMARTS) is 1. The van der Waals surface area contributed by atoms with Gasteiger partial charge in [0.1, 0.15) is 0 Å². The van der Waals surface area contributed by atoms with Gasteiger partial charge < -0.3 is 10.4 Å². The average molecular weight is 247 g/mol. The smallest absolute Gasteiger partial charge is 0.331 e. The molecule has 0 spiro atoms. The van der Waals surface area contributed by atoms with Gasteiger partial charge in [-0.3, -0.25) is 0 Å². The molecule has 1 atom stereocenters. The maximum atomic E-state index is 10.8. The van der Waals surface area contributed by atoms with E-state index >= 15 is 0 Å². The Morgan fingerprint density at radius 3 is 2.67 bits per heavy atom. The maximum absolute atomic E-state index is 10.8. The second kappa shape index (κ2) is 6.97. The highest BCUT2D eigenvalue weighted by Gasteiger charge is 2.07. The summed E-state index contributed by atoms with van der Waals surface area (Å²) < 4.78 is 0. The van der Waals surface area contributed by atoms with Gasteiger partial charge in [-0.2, -0.15) is 0 Å². The van der Waals surface area contributed by atoms with Crippen molar-refractivity contribution in [3.05, 3.63) is 47.0 Å². The highest BCUT2D eigenvalue weighted by atomic mass is 16.4. The van der Waals surface area contributed by atoms with E-state index in [2.05, 4.69) is 31.3 Å². The van der Waals surface area contributed by atoms with E-state index in [0.717, 1.165) is 0 Å². The Balaban J connectivity index is 2.59. The van der Waals surface area contributed by atoms with Crippen molar-refractivity contribution in [1.82, 2.24) is 5.32 Å². The zero-order chi connectivity index (χ0) is 13.5. The van der Waals surface area contributed by atoms with E-state index in [0.29, 0.717) is 18.5 Å². The molecule has 0 amide bonds. The Morgan fingerprint density at radius 1 is 1.44 bits per heavy atom. The van der Waals surface area contributed by atoms with Crippen LogP contribution in [0.15, 0.2) is 35.9 Å². The van der Waals surface area contributed by atoms with Crippen molar-refractivity contribution in [2.75, 3.05) is 6.54 Å². The molecule has 2 N–H and O–H groups in total. The van der Waals surface area contributed by atoms with Crippen LogP contribution in [0, 0.1) is 6.92 Å². The molecular formula is C15H21NO2. The van der Waals surface area contributed by atoms with Crippen molar-refractivity contribution in [3.8, 4) is 0 Å². The monoisotopic (exact) mass is 247 g/mol. The molecule has 0 aliphatic carbocycles. The number of aliphatic carboxylic acids is 1. The first-order valence-electron chi connectivity index (χ1n) is 6.27. The Labute approximate surface area is 109 Å². The first-order chi connectivity index (χ1) is 8.56. The van der Waals surface area contributed by atoms with Crippen LogP contribution in [-0.2, 0) is 4.79 Å². The third-order valence-electron chi connectivity index (χ3n) is 3.08. The molecule has 3 heteroatoms. The molecule has 0 aromatic heterocycles. The number of hydrogen-bond acceptors (Lipinski definition) is 2. The largest absolute Gasteiger partial charge is 0.478 e. The minimum Gasteiger partial charge on any atom is -0.478 e.